The van der Waals surface area contributed by atoms with Crippen LogP contribution >= 0.6 is 0 Å². The maximum Gasteiger partial charge on any atom is 0.328 e. The van der Waals surface area contributed by atoms with Gasteiger partial charge in [-0.2, -0.15) is 0 Å². The smallest absolute Gasteiger partial charge is 0.309 e. The average Bonchev–Trinajstić information content (AvgIpc) is 1.38. The molecule has 0 aromatic carbocycles. The Labute approximate surface area is 33.7 Å². The van der Waals surface area contributed by atoms with Gasteiger partial charge in [0.1, 0.15) is 0 Å². The first kappa shape index (κ1) is 4.89. The second-order valence-corrected chi connectivity index (χ2v) is 1.92. The van der Waals surface area contributed by atoms with E-state index in [2.05, 4.69) is 6.58 Å². The fourth-order valence-corrected chi connectivity index (χ4v) is 0. The fraction of sp³-hybridized carbons (Fsp3) is 0.333. The molecule has 0 aromatic rings. The van der Waals surface area contributed by atoms with Gasteiger partial charge in [0.25, 0.3) is 0 Å². The summed E-state index contributed by atoms with van der Waals surface area (Å²) in [5, 5.41) is 0.616. The summed E-state index contributed by atoms with van der Waals surface area (Å²) in [6.45, 7) is 4.98. The van der Waals surface area contributed by atoms with E-state index in [-0.39, 0.29) is 0 Å². The summed E-state index contributed by atoms with van der Waals surface area (Å²) >= 11 is 0. The second kappa shape index (κ2) is 2.14. The molecular weight excluding hydrogens is 83.1 g/mol. The highest BCUT2D eigenvalue weighted by Crippen LogP contribution is 1.78. The predicted molar refractivity (Wildman–Crippen MR) is 21.7 cm³/mol. The Kier molecular flexibility index (Phi) is 2.10. The molecule has 0 unspecified atom stereocenters. The van der Waals surface area contributed by atoms with Crippen molar-refractivity contribution in [1.82, 2.24) is 0 Å². The van der Waals surface area contributed by atoms with Crippen LogP contribution in [0.2, 0.25) is 0 Å². The third-order valence-electron chi connectivity index (χ3n) is 0.161. The van der Waals surface area contributed by atoms with E-state index < -0.39 is 9.85 Å². The summed E-state index contributed by atoms with van der Waals surface area (Å²) in [4.78, 5) is 0. The SMILES string of the molecule is C=C(C)[Si]F. The van der Waals surface area contributed by atoms with Crippen molar-refractivity contribution < 1.29 is 4.11 Å². The van der Waals surface area contributed by atoms with Gasteiger partial charge in [-0.3, -0.25) is 0 Å². The van der Waals surface area contributed by atoms with Gasteiger partial charge in [0.05, 0.1) is 0 Å². The topological polar surface area (TPSA) is 0 Å². The van der Waals surface area contributed by atoms with Crippen molar-refractivity contribution in [2.75, 3.05) is 0 Å². The lowest BCUT2D eigenvalue weighted by Crippen LogP contribution is -1.74. The van der Waals surface area contributed by atoms with Crippen molar-refractivity contribution in [2.24, 2.45) is 0 Å². The molecule has 0 rings (SSSR count). The minimum atomic E-state index is -0.580. The minimum Gasteiger partial charge on any atom is -0.309 e. The molecule has 0 spiro atoms. The van der Waals surface area contributed by atoms with Crippen LogP contribution in [-0.2, 0) is 0 Å². The molecule has 0 fully saturated rings. The van der Waals surface area contributed by atoms with Gasteiger partial charge >= 0.3 is 9.85 Å². The molecule has 5 heavy (non-hydrogen) atoms. The second-order valence-electron chi connectivity index (χ2n) is 0.875. The van der Waals surface area contributed by atoms with Crippen LogP contribution in [0.1, 0.15) is 6.92 Å². The number of hydrogen-bond donors (Lipinski definition) is 0. The molecule has 0 saturated carbocycles. The first-order valence-electron chi connectivity index (χ1n) is 1.29. The van der Waals surface area contributed by atoms with Crippen molar-refractivity contribution in [3.63, 3.8) is 0 Å². The van der Waals surface area contributed by atoms with Gasteiger partial charge in [0.15, 0.2) is 0 Å². The van der Waals surface area contributed by atoms with E-state index in [9.17, 15) is 4.11 Å². The average molecular weight is 88.2 g/mol. The maximum atomic E-state index is 11.0. The highest BCUT2D eigenvalue weighted by Gasteiger charge is 1.78. The quantitative estimate of drug-likeness (QED) is 0.333. The molecule has 0 bridgehead atoms. The van der Waals surface area contributed by atoms with Crippen LogP contribution in [0.25, 0.3) is 0 Å². The Morgan fingerprint density at radius 3 is 2.20 bits per heavy atom. The number of allylic oxidation sites excluding steroid dienone is 1. The fourth-order valence-electron chi connectivity index (χ4n) is 0. The summed E-state index contributed by atoms with van der Waals surface area (Å²) < 4.78 is 11.0. The number of halogens is 1. The monoisotopic (exact) mass is 88.0 g/mol. The van der Waals surface area contributed by atoms with Crippen molar-refractivity contribution in [3.05, 3.63) is 11.8 Å². The molecule has 0 N–H and O–H groups in total. The van der Waals surface area contributed by atoms with Gasteiger partial charge in [0, 0.05) is 0 Å². The van der Waals surface area contributed by atoms with E-state index >= 15 is 0 Å². The maximum absolute atomic E-state index is 11.0. The van der Waals surface area contributed by atoms with E-state index in [4.69, 9.17) is 0 Å². The zero-order valence-corrected chi connectivity index (χ0v) is 4.09. The van der Waals surface area contributed by atoms with E-state index in [0.717, 1.165) is 0 Å². The Morgan fingerprint density at radius 2 is 2.20 bits per heavy atom. The zero-order valence-electron chi connectivity index (χ0n) is 3.09. The molecule has 2 radical (unpaired) electrons. The van der Waals surface area contributed by atoms with Crippen molar-refractivity contribution in [1.29, 1.82) is 0 Å². The van der Waals surface area contributed by atoms with Crippen LogP contribution in [-0.4, -0.2) is 9.85 Å². The van der Waals surface area contributed by atoms with E-state index in [1.165, 1.54) is 0 Å². The zero-order chi connectivity index (χ0) is 4.28. The van der Waals surface area contributed by atoms with Crippen molar-refractivity contribution in [2.45, 2.75) is 6.92 Å². The molecule has 0 heterocycles. The third-order valence-corrected chi connectivity index (χ3v) is 0.484. The summed E-state index contributed by atoms with van der Waals surface area (Å²) in [7, 11) is -0.580. The largest absolute Gasteiger partial charge is 0.328 e. The molecule has 0 aliphatic heterocycles. The predicted octanol–water partition coefficient (Wildman–Crippen LogP) is 1.11. The molecular formula is C3H5FSi. The lowest BCUT2D eigenvalue weighted by molar-refractivity contribution is 0.877. The standard InChI is InChI=1S/C3H5FSi/c1-3(2)5-4/h1H2,2H3. The Balaban J connectivity index is 2.85. The lowest BCUT2D eigenvalue weighted by atomic mass is 10.8. The van der Waals surface area contributed by atoms with Gasteiger partial charge in [0.2, 0.25) is 0 Å². The minimum absolute atomic E-state index is 0.580. The van der Waals surface area contributed by atoms with Crippen LogP contribution in [0, 0.1) is 0 Å². The molecule has 0 aliphatic rings. The Bertz CT molecular complexity index is 42.2. The third kappa shape index (κ3) is 3.89. The van der Waals surface area contributed by atoms with Crippen molar-refractivity contribution in [3.8, 4) is 0 Å². The van der Waals surface area contributed by atoms with Gasteiger partial charge in [-0.15, -0.1) is 6.58 Å². The van der Waals surface area contributed by atoms with Crippen LogP contribution in [0.4, 0.5) is 4.11 Å². The first-order chi connectivity index (χ1) is 2.27. The molecule has 0 nitrogen and oxygen atoms in total. The Morgan fingerprint density at radius 1 is 2.00 bits per heavy atom. The van der Waals surface area contributed by atoms with Crippen LogP contribution in [0.5, 0.6) is 0 Å². The highest BCUT2D eigenvalue weighted by atomic mass is 28.3. The first-order valence-corrected chi connectivity index (χ1v) is 2.17. The number of hydrogen-bond acceptors (Lipinski definition) is 0. The summed E-state index contributed by atoms with van der Waals surface area (Å²) in [5.41, 5.74) is 0. The normalized spacial score (nSPS) is 7.60. The summed E-state index contributed by atoms with van der Waals surface area (Å²) in [5.74, 6) is 0. The van der Waals surface area contributed by atoms with Crippen LogP contribution in [0.15, 0.2) is 11.8 Å². The number of rotatable bonds is 1. The summed E-state index contributed by atoms with van der Waals surface area (Å²) in [6, 6.07) is 0. The molecule has 0 aromatic heterocycles. The van der Waals surface area contributed by atoms with Crippen LogP contribution < -0.4 is 0 Å². The van der Waals surface area contributed by atoms with Crippen LogP contribution in [0.3, 0.4) is 0 Å². The highest BCUT2D eigenvalue weighted by molar-refractivity contribution is 6.36. The van der Waals surface area contributed by atoms with E-state index in [1.807, 2.05) is 0 Å². The van der Waals surface area contributed by atoms with Gasteiger partial charge in [-0.05, 0) is 6.92 Å². The molecule has 0 atom stereocenters. The molecule has 0 saturated heterocycles. The summed E-state index contributed by atoms with van der Waals surface area (Å²) in [6.07, 6.45) is 0. The molecule has 28 valence electrons. The lowest BCUT2D eigenvalue weighted by Gasteiger charge is -1.72. The Hall–Kier alpha value is -0.113. The van der Waals surface area contributed by atoms with E-state index in [1.54, 1.807) is 6.92 Å². The van der Waals surface area contributed by atoms with Gasteiger partial charge in [-0.25, -0.2) is 0 Å². The molecule has 2 heteroatoms. The van der Waals surface area contributed by atoms with Gasteiger partial charge in [-0.1, -0.05) is 5.20 Å². The van der Waals surface area contributed by atoms with Gasteiger partial charge < -0.3 is 4.11 Å². The molecule has 0 amide bonds. The van der Waals surface area contributed by atoms with Crippen molar-refractivity contribution >= 4 is 9.85 Å². The van der Waals surface area contributed by atoms with E-state index in [0.29, 0.717) is 5.20 Å². The molecule has 0 aliphatic carbocycles.